The number of nitrogens with zero attached hydrogens (tertiary/aromatic N) is 12. The second-order valence-electron chi connectivity index (χ2n) is 13.4. The fraction of sp³-hybridized carbons (Fsp3) is 0.100. The van der Waals surface area contributed by atoms with Crippen LogP contribution in [0.2, 0.25) is 10.0 Å². The number of rotatable bonds is 17. The van der Waals surface area contributed by atoms with Crippen LogP contribution < -0.4 is 20.7 Å². The third kappa shape index (κ3) is 9.89. The lowest BCUT2D eigenvalue weighted by atomic mass is 10.1. The van der Waals surface area contributed by atoms with Crippen LogP contribution in [0.15, 0.2) is 119 Å². The Hall–Kier alpha value is -7.14. The first-order valence-electron chi connectivity index (χ1n) is 18.9. The molecule has 0 amide bonds. The van der Waals surface area contributed by atoms with Gasteiger partial charge in [-0.25, -0.2) is 49.9 Å². The number of nitrogens with one attached hydrogen (secondary N) is 4. The van der Waals surface area contributed by atoms with E-state index in [9.17, 15) is 20.2 Å². The lowest BCUT2D eigenvalue weighted by Gasteiger charge is -2.35. The average molecular weight is 1030 g/mol. The molecule has 64 heavy (non-hydrogen) atoms. The van der Waals surface area contributed by atoms with Crippen LogP contribution in [0.5, 0.6) is 0 Å². The van der Waals surface area contributed by atoms with Crippen LogP contribution in [0.25, 0.3) is 45.3 Å². The number of aromatic nitrogens is 10. The Morgan fingerprint density at radius 2 is 1.02 bits per heavy atom. The van der Waals surface area contributed by atoms with Gasteiger partial charge in [0.1, 0.15) is 35.7 Å². The van der Waals surface area contributed by atoms with E-state index >= 15 is 0 Å². The number of nitro groups is 2. The molecule has 0 fully saturated rings. The second kappa shape index (κ2) is 19.5. The molecule has 0 unspecified atom stereocenters. The predicted octanol–water partition coefficient (Wildman–Crippen LogP) is 9.27. The van der Waals surface area contributed by atoms with Gasteiger partial charge in [-0.2, -0.15) is 0 Å². The topological polar surface area (TPSA) is 252 Å². The van der Waals surface area contributed by atoms with E-state index in [0.717, 1.165) is 21.3 Å². The lowest BCUT2D eigenvalue weighted by Crippen LogP contribution is -2.49. The minimum absolute atomic E-state index is 0.139. The van der Waals surface area contributed by atoms with Crippen LogP contribution in [0.4, 0.5) is 34.9 Å². The van der Waals surface area contributed by atoms with Gasteiger partial charge in [-0.15, -0.1) is 0 Å². The Balaban J connectivity index is 1.27. The zero-order valence-corrected chi connectivity index (χ0v) is 37.4. The van der Waals surface area contributed by atoms with Gasteiger partial charge in [-0.05, 0) is 36.4 Å². The maximum absolute atomic E-state index is 11.3. The molecule has 6 aromatic heterocycles. The summed E-state index contributed by atoms with van der Waals surface area (Å²) in [6.07, 6.45) is 12.2. The summed E-state index contributed by atoms with van der Waals surface area (Å²) in [5, 5.41) is 33.5. The van der Waals surface area contributed by atoms with Crippen molar-refractivity contribution in [3.63, 3.8) is 0 Å². The molecule has 0 aliphatic rings. The molecule has 20 nitrogen and oxygen atoms in total. The first-order valence-corrected chi connectivity index (χ1v) is 21.2. The van der Waals surface area contributed by atoms with Crippen molar-refractivity contribution in [3.8, 4) is 45.3 Å². The molecule has 6 heterocycles. The SMILES string of the molecule is O=[N+]([O-])c1ccc(NCCN(c2ncc(-c3ncc[nH]3)c(-c3ccc(Br)cc3Cl)n2)N(CCNc2ccc([N+](=O)[O-])cn2)c2ncc(-c3ncc[nH]3)c(-c3ccc(Br)cc3Cl)n2)nc1. The molecule has 0 atom stereocenters. The number of H-pyrrole nitrogens is 2. The molecule has 322 valence electrons. The van der Waals surface area contributed by atoms with Gasteiger partial charge in [0.2, 0.25) is 11.9 Å². The quantitative estimate of drug-likeness (QED) is 0.0490. The lowest BCUT2D eigenvalue weighted by molar-refractivity contribution is -0.385. The summed E-state index contributed by atoms with van der Waals surface area (Å²) < 4.78 is 1.53. The first kappa shape index (κ1) is 43.5. The standard InChI is InChI=1S/C40H30Br2Cl2N16O4/c41-23-1-5-27(31(43)17-23)35-29(37-47-9-10-48-37)21-53-39(55-35)57(15-13-45-33-7-3-25(19-51-33)59(61)62)58(16-14-46-34-8-4-26(20-52-34)60(63)64)40-54-22-30(38-49-11-12-50-38)36(56-40)28-6-2-24(42)18-32(28)44/h1-12,17-22H,13-16H2,(H,45,51)(H,46,52)(H,47,48)(H,49,50). The van der Waals surface area contributed by atoms with E-state index in [1.807, 2.05) is 24.3 Å². The van der Waals surface area contributed by atoms with E-state index in [2.05, 4.69) is 72.4 Å². The molecule has 8 rings (SSSR count). The Bertz CT molecular complexity index is 2730. The molecule has 0 saturated heterocycles. The van der Waals surface area contributed by atoms with Crippen molar-refractivity contribution in [2.75, 3.05) is 46.8 Å². The molecule has 8 aromatic rings. The number of benzene rings is 2. The molecular formula is C40H30Br2Cl2N16O4. The first-order chi connectivity index (χ1) is 31.0. The largest absolute Gasteiger partial charge is 0.368 e. The van der Waals surface area contributed by atoms with Gasteiger partial charge in [0.15, 0.2) is 0 Å². The molecule has 0 spiro atoms. The molecule has 4 N–H and O–H groups in total. The van der Waals surface area contributed by atoms with E-state index in [0.29, 0.717) is 67.0 Å². The van der Waals surface area contributed by atoms with Crippen LogP contribution >= 0.6 is 55.1 Å². The molecule has 2 aromatic carbocycles. The van der Waals surface area contributed by atoms with Crippen LogP contribution in [-0.4, -0.2) is 85.9 Å². The zero-order valence-electron chi connectivity index (χ0n) is 32.7. The van der Waals surface area contributed by atoms with Gasteiger partial charge in [0.05, 0.1) is 55.5 Å². The van der Waals surface area contributed by atoms with Crippen molar-refractivity contribution < 1.29 is 9.85 Å². The van der Waals surface area contributed by atoms with E-state index in [4.69, 9.17) is 43.1 Å². The molecule has 0 aliphatic heterocycles. The Morgan fingerprint density at radius 1 is 0.578 bits per heavy atom. The molecule has 0 saturated carbocycles. The highest BCUT2D eigenvalue weighted by Gasteiger charge is 2.27. The van der Waals surface area contributed by atoms with Crippen molar-refractivity contribution in [1.29, 1.82) is 0 Å². The minimum Gasteiger partial charge on any atom is -0.368 e. The highest BCUT2D eigenvalue weighted by Crippen LogP contribution is 2.38. The minimum atomic E-state index is -0.525. The maximum Gasteiger partial charge on any atom is 0.287 e. The van der Waals surface area contributed by atoms with Crippen molar-refractivity contribution in [3.05, 3.63) is 149 Å². The number of imidazole rings is 2. The van der Waals surface area contributed by atoms with Gasteiger partial charge in [-0.3, -0.25) is 20.2 Å². The number of pyridine rings is 2. The van der Waals surface area contributed by atoms with Gasteiger partial charge < -0.3 is 20.6 Å². The maximum atomic E-state index is 11.3. The molecule has 0 bridgehead atoms. The van der Waals surface area contributed by atoms with E-state index in [1.165, 1.54) is 24.3 Å². The monoisotopic (exact) mass is 1030 g/mol. The van der Waals surface area contributed by atoms with Crippen molar-refractivity contribution in [2.24, 2.45) is 0 Å². The summed E-state index contributed by atoms with van der Waals surface area (Å²) in [5.41, 5.74) is 2.91. The van der Waals surface area contributed by atoms with Crippen molar-refractivity contribution in [2.45, 2.75) is 0 Å². The number of hydrogen-bond acceptors (Lipinski definition) is 16. The van der Waals surface area contributed by atoms with E-state index < -0.39 is 9.85 Å². The van der Waals surface area contributed by atoms with Gasteiger partial charge >= 0.3 is 0 Å². The van der Waals surface area contributed by atoms with E-state index in [-0.39, 0.29) is 49.5 Å². The van der Waals surface area contributed by atoms with Gasteiger partial charge in [0, 0.05) is 82.5 Å². The Morgan fingerprint density at radius 3 is 1.36 bits per heavy atom. The zero-order chi connectivity index (χ0) is 44.7. The number of halogens is 4. The second-order valence-corrected chi connectivity index (χ2v) is 16.1. The summed E-state index contributed by atoms with van der Waals surface area (Å²) in [6.45, 7) is 0.678. The Labute approximate surface area is 389 Å². The average Bonchev–Trinajstić information content (AvgIpc) is 4.04. The third-order valence-electron chi connectivity index (χ3n) is 9.36. The molecular weight excluding hydrogens is 999 g/mol. The summed E-state index contributed by atoms with van der Waals surface area (Å²) in [5.74, 6) is 2.15. The third-order valence-corrected chi connectivity index (χ3v) is 11.0. The highest BCUT2D eigenvalue weighted by atomic mass is 79.9. The molecule has 0 radical (unpaired) electrons. The van der Waals surface area contributed by atoms with Crippen molar-refractivity contribution >= 4 is 90.0 Å². The summed E-state index contributed by atoms with van der Waals surface area (Å²) in [7, 11) is 0. The molecule has 24 heteroatoms. The summed E-state index contributed by atoms with van der Waals surface area (Å²) in [6, 6.07) is 16.6. The van der Waals surface area contributed by atoms with Crippen LogP contribution in [0.3, 0.4) is 0 Å². The smallest absolute Gasteiger partial charge is 0.287 e. The van der Waals surface area contributed by atoms with Crippen LogP contribution in [0.1, 0.15) is 0 Å². The summed E-state index contributed by atoms with van der Waals surface area (Å²) in [4.78, 5) is 65.4. The fourth-order valence-corrected chi connectivity index (χ4v) is 7.90. The van der Waals surface area contributed by atoms with Crippen LogP contribution in [0, 0.1) is 20.2 Å². The van der Waals surface area contributed by atoms with Gasteiger partial charge in [0.25, 0.3) is 11.4 Å². The number of aromatic amines is 2. The van der Waals surface area contributed by atoms with Crippen LogP contribution in [-0.2, 0) is 0 Å². The normalized spacial score (nSPS) is 11.0. The van der Waals surface area contributed by atoms with Crippen molar-refractivity contribution in [1.82, 2.24) is 49.8 Å². The number of anilines is 4. The fourth-order valence-electron chi connectivity index (χ4n) is 6.37. The Kier molecular flexibility index (Phi) is 13.3. The number of hydrazine groups is 1. The predicted molar refractivity (Wildman–Crippen MR) is 249 cm³/mol. The summed E-state index contributed by atoms with van der Waals surface area (Å²) >= 11 is 20.8. The van der Waals surface area contributed by atoms with E-state index in [1.54, 1.807) is 59.3 Å². The molecule has 0 aliphatic carbocycles. The highest BCUT2D eigenvalue weighted by molar-refractivity contribution is 9.10. The number of hydrogen-bond donors (Lipinski definition) is 4. The van der Waals surface area contributed by atoms with Gasteiger partial charge in [-0.1, -0.05) is 67.2 Å².